The molecule has 4 rings (SSSR count). The fourth-order valence-corrected chi connectivity index (χ4v) is 4.91. The number of aromatic carboxylic acids is 1. The number of ether oxygens (including phenoxy) is 2. The average Bonchev–Trinajstić information content (AvgIpc) is 3.12. The van der Waals surface area contributed by atoms with Crippen LogP contribution in [0.25, 0.3) is 11.1 Å². The van der Waals surface area contributed by atoms with Gasteiger partial charge in [0.05, 0.1) is 19.9 Å². The molecule has 0 saturated heterocycles. The van der Waals surface area contributed by atoms with Crippen LogP contribution in [0.5, 0.6) is 17.2 Å². The highest BCUT2D eigenvalue weighted by atomic mass is 32.1. The third kappa shape index (κ3) is 3.35. The first kappa shape index (κ1) is 19.8. The third-order valence-electron chi connectivity index (χ3n) is 5.08. The second-order valence-electron chi connectivity index (χ2n) is 6.82. The molecule has 8 heteroatoms. The van der Waals surface area contributed by atoms with Crippen molar-refractivity contribution in [3.8, 4) is 28.4 Å². The molecule has 0 bridgehead atoms. The van der Waals surface area contributed by atoms with Crippen LogP contribution in [0.15, 0.2) is 42.5 Å². The summed E-state index contributed by atoms with van der Waals surface area (Å²) >= 11 is 1.14. The van der Waals surface area contributed by atoms with Gasteiger partial charge in [0.25, 0.3) is 0 Å². The lowest BCUT2D eigenvalue weighted by atomic mass is 9.88. The highest BCUT2D eigenvalue weighted by Gasteiger charge is 2.34. The molecule has 1 amide bonds. The summed E-state index contributed by atoms with van der Waals surface area (Å²) in [7, 11) is 3.01. The molecule has 0 radical (unpaired) electrons. The summed E-state index contributed by atoms with van der Waals surface area (Å²) in [6.07, 6.45) is 0.153. The Bertz CT molecular complexity index is 1140. The molecule has 2 heterocycles. The maximum Gasteiger partial charge on any atom is 0.346 e. The summed E-state index contributed by atoms with van der Waals surface area (Å²) < 4.78 is 10.3. The third-order valence-corrected chi connectivity index (χ3v) is 6.38. The summed E-state index contributed by atoms with van der Waals surface area (Å²) in [5.74, 6) is -0.711. The number of carboxylic acids is 1. The van der Waals surface area contributed by atoms with Crippen LogP contribution >= 0.6 is 11.3 Å². The van der Waals surface area contributed by atoms with Gasteiger partial charge in [-0.25, -0.2) is 4.79 Å². The maximum atomic E-state index is 12.5. The number of fused-ring (bicyclic) bond motifs is 1. The summed E-state index contributed by atoms with van der Waals surface area (Å²) in [4.78, 5) is 25.4. The van der Waals surface area contributed by atoms with Crippen molar-refractivity contribution < 1.29 is 29.3 Å². The van der Waals surface area contributed by atoms with Crippen molar-refractivity contribution in [3.63, 3.8) is 0 Å². The van der Waals surface area contributed by atoms with E-state index in [-0.39, 0.29) is 28.9 Å². The summed E-state index contributed by atoms with van der Waals surface area (Å²) in [5.41, 5.74) is 2.35. The molecule has 1 atom stereocenters. The molecule has 0 saturated carbocycles. The van der Waals surface area contributed by atoms with Crippen molar-refractivity contribution in [2.24, 2.45) is 0 Å². The number of carbonyl (C=O) groups excluding carboxylic acids is 1. The largest absolute Gasteiger partial charge is 0.504 e. The Balaban J connectivity index is 1.88. The van der Waals surface area contributed by atoms with E-state index >= 15 is 0 Å². The lowest BCUT2D eigenvalue weighted by Crippen LogP contribution is -2.22. The summed E-state index contributed by atoms with van der Waals surface area (Å²) in [6.45, 7) is 0. The minimum atomic E-state index is -1.06. The number of thiophene rings is 1. The van der Waals surface area contributed by atoms with Gasteiger partial charge in [0.2, 0.25) is 5.91 Å². The van der Waals surface area contributed by atoms with Gasteiger partial charge in [0, 0.05) is 22.8 Å². The normalized spacial score (nSPS) is 15.3. The molecule has 1 aromatic heterocycles. The van der Waals surface area contributed by atoms with Crippen LogP contribution in [0.2, 0.25) is 0 Å². The number of carboxylic acid groups (broad SMARTS) is 1. The Hall–Kier alpha value is -3.52. The molecule has 0 unspecified atom stereocenters. The fourth-order valence-electron chi connectivity index (χ4n) is 3.66. The van der Waals surface area contributed by atoms with Gasteiger partial charge in [-0.05, 0) is 35.4 Å². The van der Waals surface area contributed by atoms with Gasteiger partial charge in [-0.15, -0.1) is 11.3 Å². The fraction of sp³-hybridized carbons (Fsp3) is 0.182. The number of amides is 1. The van der Waals surface area contributed by atoms with Crippen molar-refractivity contribution in [2.75, 3.05) is 19.5 Å². The van der Waals surface area contributed by atoms with E-state index in [1.165, 1.54) is 7.11 Å². The highest BCUT2D eigenvalue weighted by molar-refractivity contribution is 7.15. The van der Waals surface area contributed by atoms with Gasteiger partial charge in [0.1, 0.15) is 10.6 Å². The number of nitrogens with one attached hydrogen (secondary N) is 1. The zero-order valence-electron chi connectivity index (χ0n) is 16.3. The molecule has 7 nitrogen and oxygen atoms in total. The molecule has 2 aromatic carbocycles. The van der Waals surface area contributed by atoms with Crippen molar-refractivity contribution >= 4 is 28.9 Å². The summed E-state index contributed by atoms with van der Waals surface area (Å²) in [6, 6.07) is 12.0. The lowest BCUT2D eigenvalue weighted by molar-refractivity contribution is -0.116. The van der Waals surface area contributed by atoms with Crippen LogP contribution in [0, 0.1) is 0 Å². The molecule has 1 aliphatic rings. The Morgan fingerprint density at radius 3 is 2.47 bits per heavy atom. The molecule has 3 N–H and O–H groups in total. The van der Waals surface area contributed by atoms with E-state index in [1.807, 2.05) is 0 Å². The number of methoxy groups -OCH3 is 2. The molecular formula is C22H19NO6S. The number of carbonyl (C=O) groups is 2. The van der Waals surface area contributed by atoms with Crippen molar-refractivity contribution in [2.45, 2.75) is 12.3 Å². The number of aromatic hydroxyl groups is 1. The van der Waals surface area contributed by atoms with Crippen LogP contribution in [0.3, 0.4) is 0 Å². The van der Waals surface area contributed by atoms with Crippen molar-refractivity contribution in [1.82, 2.24) is 0 Å². The molecule has 30 heavy (non-hydrogen) atoms. The topological polar surface area (TPSA) is 105 Å². The minimum Gasteiger partial charge on any atom is -0.504 e. The first-order chi connectivity index (χ1) is 14.4. The van der Waals surface area contributed by atoms with E-state index < -0.39 is 5.97 Å². The molecule has 0 fully saturated rings. The number of hydrogen-bond acceptors (Lipinski definition) is 6. The van der Waals surface area contributed by atoms with Crippen molar-refractivity contribution in [1.29, 1.82) is 0 Å². The highest BCUT2D eigenvalue weighted by Crippen LogP contribution is 2.50. The van der Waals surface area contributed by atoms with Crippen LogP contribution in [0.1, 0.15) is 32.5 Å². The first-order valence-corrected chi connectivity index (χ1v) is 9.95. The van der Waals surface area contributed by atoms with Gasteiger partial charge in [-0.1, -0.05) is 18.2 Å². The van der Waals surface area contributed by atoms with E-state index in [4.69, 9.17) is 9.47 Å². The zero-order valence-corrected chi connectivity index (χ0v) is 17.1. The van der Waals surface area contributed by atoms with Gasteiger partial charge < -0.3 is 25.0 Å². The van der Waals surface area contributed by atoms with Gasteiger partial charge in [-0.3, -0.25) is 4.79 Å². The monoisotopic (exact) mass is 425 g/mol. The van der Waals surface area contributed by atoms with E-state index in [0.29, 0.717) is 33.9 Å². The van der Waals surface area contributed by atoms with E-state index in [1.54, 1.807) is 49.6 Å². The molecule has 0 aliphatic carbocycles. The predicted molar refractivity (Wildman–Crippen MR) is 113 cm³/mol. The van der Waals surface area contributed by atoms with E-state index in [9.17, 15) is 19.8 Å². The average molecular weight is 425 g/mol. The minimum absolute atomic E-state index is 0.0343. The molecular weight excluding hydrogens is 406 g/mol. The Kier molecular flexibility index (Phi) is 5.09. The van der Waals surface area contributed by atoms with E-state index in [0.717, 1.165) is 16.2 Å². The van der Waals surface area contributed by atoms with Gasteiger partial charge in [0.15, 0.2) is 11.5 Å². The van der Waals surface area contributed by atoms with Crippen LogP contribution in [0.4, 0.5) is 5.69 Å². The lowest BCUT2D eigenvalue weighted by Gasteiger charge is -2.24. The number of phenolic OH excluding ortho intramolecular Hbond substituents is 1. The quantitative estimate of drug-likeness (QED) is 0.563. The zero-order chi connectivity index (χ0) is 21.4. The molecule has 154 valence electrons. The smallest absolute Gasteiger partial charge is 0.346 e. The van der Waals surface area contributed by atoms with E-state index in [2.05, 4.69) is 5.32 Å². The second-order valence-corrected chi connectivity index (χ2v) is 7.87. The SMILES string of the molecule is COc1ccc(-c2c(C(=O)O)sc3c2NC(=O)C[C@H]3c2ccc(OC)c(O)c2)cc1. The Morgan fingerprint density at radius 1 is 1.13 bits per heavy atom. The van der Waals surface area contributed by atoms with Crippen LogP contribution in [-0.4, -0.2) is 36.3 Å². The maximum absolute atomic E-state index is 12.5. The van der Waals surface area contributed by atoms with Crippen molar-refractivity contribution in [3.05, 3.63) is 57.8 Å². The molecule has 3 aromatic rings. The van der Waals surface area contributed by atoms with Crippen LogP contribution < -0.4 is 14.8 Å². The summed E-state index contributed by atoms with van der Waals surface area (Å²) in [5, 5.41) is 22.9. The molecule has 1 aliphatic heterocycles. The number of phenols is 1. The number of hydrogen-bond donors (Lipinski definition) is 3. The van der Waals surface area contributed by atoms with Gasteiger partial charge >= 0.3 is 5.97 Å². The number of rotatable bonds is 5. The standard InChI is InChI=1S/C22H19NO6S/c1-28-13-6-3-11(4-7-13)18-19-20(30-21(18)22(26)27)14(10-17(25)23-19)12-5-8-16(29-2)15(24)9-12/h3-9,14,24H,10H2,1-2H3,(H,23,25)(H,26,27)/t14-/m0/s1. The molecule has 0 spiro atoms. The Labute approximate surface area is 176 Å². The predicted octanol–water partition coefficient (Wildman–Crippen LogP) is 4.31. The second kappa shape index (κ2) is 7.72. The first-order valence-electron chi connectivity index (χ1n) is 9.14. The number of benzene rings is 2. The van der Waals surface area contributed by atoms with Crippen LogP contribution in [-0.2, 0) is 4.79 Å². The van der Waals surface area contributed by atoms with Gasteiger partial charge in [-0.2, -0.15) is 0 Å². The Morgan fingerprint density at radius 2 is 1.87 bits per heavy atom. The number of anilines is 1.